The van der Waals surface area contributed by atoms with Gasteiger partial charge in [0.15, 0.2) is 0 Å². The molecule has 104 valence electrons. The van der Waals surface area contributed by atoms with Crippen molar-refractivity contribution < 1.29 is 4.79 Å². The highest BCUT2D eigenvalue weighted by molar-refractivity contribution is 9.10. The zero-order valence-corrected chi connectivity index (χ0v) is 13.3. The lowest BCUT2D eigenvalue weighted by Crippen LogP contribution is -2.28. The van der Waals surface area contributed by atoms with Gasteiger partial charge in [-0.05, 0) is 57.1 Å². The topological polar surface area (TPSA) is 32.3 Å². The molecule has 0 aromatic heterocycles. The second-order valence-electron chi connectivity index (χ2n) is 4.82. The normalized spacial score (nSPS) is 15.7. The third-order valence-electron chi connectivity index (χ3n) is 3.34. The van der Waals surface area contributed by atoms with E-state index in [4.69, 9.17) is 0 Å². The number of nitrogens with zero attached hydrogens (tertiary/aromatic N) is 1. The van der Waals surface area contributed by atoms with Crippen LogP contribution in [0.1, 0.15) is 29.6 Å². The molecule has 0 radical (unpaired) electrons. The second-order valence-corrected chi connectivity index (χ2v) is 6.22. The number of hydrogen-bond donors (Lipinski definition) is 2. The summed E-state index contributed by atoms with van der Waals surface area (Å²) in [5, 5.41) is 2.95. The molecule has 0 unspecified atom stereocenters. The Labute approximate surface area is 128 Å². The monoisotopic (exact) mass is 342 g/mol. The molecule has 0 aliphatic carbocycles. The van der Waals surface area contributed by atoms with Crippen molar-refractivity contribution in [2.24, 2.45) is 0 Å². The minimum atomic E-state index is -0.0427. The predicted octanol–water partition coefficient (Wildman–Crippen LogP) is 2.95. The van der Waals surface area contributed by atoms with Gasteiger partial charge in [-0.25, -0.2) is 0 Å². The fraction of sp³-hybridized carbons (Fsp3) is 0.500. The summed E-state index contributed by atoms with van der Waals surface area (Å²) in [6.07, 6.45) is 3.63. The number of hydrogen-bond acceptors (Lipinski definition) is 3. The Bertz CT molecular complexity index is 447. The Morgan fingerprint density at radius 2 is 2.11 bits per heavy atom. The average Bonchev–Trinajstić information content (AvgIpc) is 2.87. The van der Waals surface area contributed by atoms with Crippen LogP contribution in [0.5, 0.6) is 0 Å². The average molecular weight is 343 g/mol. The molecule has 5 heteroatoms. The molecule has 1 aromatic carbocycles. The molecule has 1 saturated heterocycles. The maximum absolute atomic E-state index is 12.0. The van der Waals surface area contributed by atoms with Crippen LogP contribution < -0.4 is 5.32 Å². The number of benzene rings is 1. The minimum absolute atomic E-state index is 0.0427. The molecule has 0 spiro atoms. The Morgan fingerprint density at radius 3 is 2.79 bits per heavy atom. The van der Waals surface area contributed by atoms with Gasteiger partial charge in [0.05, 0.1) is 5.56 Å². The van der Waals surface area contributed by atoms with Crippen LogP contribution in [-0.4, -0.2) is 37.0 Å². The van der Waals surface area contributed by atoms with Gasteiger partial charge in [0.2, 0.25) is 0 Å². The van der Waals surface area contributed by atoms with E-state index >= 15 is 0 Å². The van der Waals surface area contributed by atoms with E-state index in [1.165, 1.54) is 25.9 Å². The summed E-state index contributed by atoms with van der Waals surface area (Å²) in [5.74, 6) is -0.0427. The molecular formula is C14H19BrN2OS. The first kappa shape index (κ1) is 14.9. The molecule has 0 saturated carbocycles. The molecule has 1 aliphatic rings. The fourth-order valence-electron chi connectivity index (χ4n) is 2.30. The minimum Gasteiger partial charge on any atom is -0.352 e. The third kappa shape index (κ3) is 4.51. The summed E-state index contributed by atoms with van der Waals surface area (Å²) >= 11 is 7.68. The van der Waals surface area contributed by atoms with E-state index in [1.54, 1.807) is 6.07 Å². The molecule has 1 aliphatic heterocycles. The maximum Gasteiger partial charge on any atom is 0.252 e. The van der Waals surface area contributed by atoms with E-state index in [-0.39, 0.29) is 5.91 Å². The van der Waals surface area contributed by atoms with E-state index in [1.807, 2.05) is 12.1 Å². The third-order valence-corrected chi connectivity index (χ3v) is 4.20. The van der Waals surface area contributed by atoms with Crippen molar-refractivity contribution in [1.82, 2.24) is 10.2 Å². The van der Waals surface area contributed by atoms with Gasteiger partial charge < -0.3 is 10.2 Å². The highest BCUT2D eigenvalue weighted by Crippen LogP contribution is 2.19. The predicted molar refractivity (Wildman–Crippen MR) is 84.0 cm³/mol. The fourth-order valence-corrected chi connectivity index (χ4v) is 3.16. The summed E-state index contributed by atoms with van der Waals surface area (Å²) in [6.45, 7) is 4.22. The standard InChI is InChI=1S/C14H19BrN2OS/c15-11-4-5-12(13(19)10-11)14(18)16-6-3-9-17-7-1-2-8-17/h4-5,10,19H,1-3,6-9H2,(H,16,18). The van der Waals surface area contributed by atoms with Crippen LogP contribution in [0.3, 0.4) is 0 Å². The lowest BCUT2D eigenvalue weighted by Gasteiger charge is -2.14. The number of thiol groups is 1. The van der Waals surface area contributed by atoms with E-state index in [0.717, 1.165) is 24.0 Å². The summed E-state index contributed by atoms with van der Waals surface area (Å²) in [7, 11) is 0. The van der Waals surface area contributed by atoms with Gasteiger partial charge >= 0.3 is 0 Å². The first-order chi connectivity index (χ1) is 9.16. The van der Waals surface area contributed by atoms with Crippen LogP contribution in [0.4, 0.5) is 0 Å². The highest BCUT2D eigenvalue weighted by atomic mass is 79.9. The lowest BCUT2D eigenvalue weighted by atomic mass is 10.2. The maximum atomic E-state index is 12.0. The van der Waals surface area contributed by atoms with Crippen LogP contribution in [0.25, 0.3) is 0 Å². The molecule has 1 N–H and O–H groups in total. The number of carbonyl (C=O) groups excluding carboxylic acids is 1. The number of carbonyl (C=O) groups is 1. The molecule has 0 bridgehead atoms. The van der Waals surface area contributed by atoms with Crippen molar-refractivity contribution in [1.29, 1.82) is 0 Å². The second kappa shape index (κ2) is 7.31. The van der Waals surface area contributed by atoms with Gasteiger partial charge in [0.25, 0.3) is 5.91 Å². The Morgan fingerprint density at radius 1 is 1.37 bits per heavy atom. The molecule has 3 nitrogen and oxygen atoms in total. The van der Waals surface area contributed by atoms with Gasteiger partial charge in [-0.15, -0.1) is 12.6 Å². The first-order valence-corrected chi connectivity index (χ1v) is 7.90. The number of nitrogens with one attached hydrogen (secondary N) is 1. The van der Waals surface area contributed by atoms with Crippen molar-refractivity contribution in [3.63, 3.8) is 0 Å². The van der Waals surface area contributed by atoms with Gasteiger partial charge in [0, 0.05) is 15.9 Å². The smallest absolute Gasteiger partial charge is 0.252 e. The van der Waals surface area contributed by atoms with Gasteiger partial charge in [-0.3, -0.25) is 4.79 Å². The Balaban J connectivity index is 1.74. The number of halogens is 1. The van der Waals surface area contributed by atoms with Crippen molar-refractivity contribution >= 4 is 34.5 Å². The van der Waals surface area contributed by atoms with E-state index in [2.05, 4.69) is 38.8 Å². The SMILES string of the molecule is O=C(NCCCN1CCCC1)c1ccc(Br)cc1S. The van der Waals surface area contributed by atoms with E-state index in [9.17, 15) is 4.79 Å². The van der Waals surface area contributed by atoms with Crippen molar-refractivity contribution in [2.75, 3.05) is 26.2 Å². The molecular weight excluding hydrogens is 324 g/mol. The summed E-state index contributed by atoms with van der Waals surface area (Å²) < 4.78 is 0.933. The quantitative estimate of drug-likeness (QED) is 0.636. The summed E-state index contributed by atoms with van der Waals surface area (Å²) in [5.41, 5.74) is 0.632. The van der Waals surface area contributed by atoms with Gasteiger partial charge in [-0.1, -0.05) is 15.9 Å². The highest BCUT2D eigenvalue weighted by Gasteiger charge is 2.12. The number of likely N-dealkylation sites (tertiary alicyclic amines) is 1. The zero-order valence-electron chi connectivity index (χ0n) is 10.9. The molecule has 1 heterocycles. The van der Waals surface area contributed by atoms with Crippen LogP contribution in [-0.2, 0) is 0 Å². The molecule has 19 heavy (non-hydrogen) atoms. The van der Waals surface area contributed by atoms with Crippen LogP contribution in [0.15, 0.2) is 27.6 Å². The van der Waals surface area contributed by atoms with Crippen LogP contribution >= 0.6 is 28.6 Å². The zero-order chi connectivity index (χ0) is 13.7. The number of rotatable bonds is 5. The van der Waals surface area contributed by atoms with E-state index in [0.29, 0.717) is 10.5 Å². The Hall–Kier alpha value is -0.520. The van der Waals surface area contributed by atoms with Crippen LogP contribution in [0.2, 0.25) is 0 Å². The summed E-state index contributed by atoms with van der Waals surface area (Å²) in [4.78, 5) is 15.1. The van der Waals surface area contributed by atoms with Crippen molar-refractivity contribution in [3.05, 3.63) is 28.2 Å². The number of amides is 1. The molecule has 0 atom stereocenters. The van der Waals surface area contributed by atoms with Crippen molar-refractivity contribution in [3.8, 4) is 0 Å². The molecule has 1 amide bonds. The van der Waals surface area contributed by atoms with Gasteiger partial charge in [0.1, 0.15) is 0 Å². The van der Waals surface area contributed by atoms with Crippen molar-refractivity contribution in [2.45, 2.75) is 24.2 Å². The molecule has 1 fully saturated rings. The lowest BCUT2D eigenvalue weighted by molar-refractivity contribution is 0.0949. The molecule has 1 aromatic rings. The largest absolute Gasteiger partial charge is 0.352 e. The van der Waals surface area contributed by atoms with Gasteiger partial charge in [-0.2, -0.15) is 0 Å². The molecule has 2 rings (SSSR count). The Kier molecular flexibility index (Phi) is 5.73. The van der Waals surface area contributed by atoms with E-state index < -0.39 is 0 Å². The first-order valence-electron chi connectivity index (χ1n) is 6.66. The van der Waals surface area contributed by atoms with Crippen LogP contribution in [0, 0.1) is 0 Å². The summed E-state index contributed by atoms with van der Waals surface area (Å²) in [6, 6.07) is 5.49.